The van der Waals surface area contributed by atoms with Gasteiger partial charge in [-0.05, 0) is 17.0 Å². The molecule has 0 nitrogen and oxygen atoms in total. The highest BCUT2D eigenvalue weighted by atomic mass is 35.5. The van der Waals surface area contributed by atoms with Crippen LogP contribution in [0.1, 0.15) is 0 Å². The second kappa shape index (κ2) is 4.07. The van der Waals surface area contributed by atoms with Gasteiger partial charge < -0.3 is 0 Å². The molecular formula is C3H3ClSi. The van der Waals surface area contributed by atoms with Gasteiger partial charge in [0.25, 0.3) is 0 Å². The van der Waals surface area contributed by atoms with Crippen LogP contribution in [0.25, 0.3) is 0 Å². The van der Waals surface area contributed by atoms with E-state index in [1.165, 1.54) is 0 Å². The number of hydrogen-bond donors (Lipinski definition) is 0. The predicted molar refractivity (Wildman–Crippen MR) is 25.2 cm³/mol. The average molecular weight is 103 g/mol. The van der Waals surface area contributed by atoms with Crippen molar-refractivity contribution in [1.29, 1.82) is 0 Å². The van der Waals surface area contributed by atoms with E-state index < -0.39 is 0 Å². The van der Waals surface area contributed by atoms with Crippen molar-refractivity contribution in [2.45, 2.75) is 6.55 Å². The van der Waals surface area contributed by atoms with Gasteiger partial charge in [-0.2, -0.15) is 0 Å². The van der Waals surface area contributed by atoms with Crippen LogP contribution in [0.2, 0.25) is 6.55 Å². The quantitative estimate of drug-likeness (QED) is 0.315. The molecule has 0 saturated heterocycles. The zero-order valence-electron chi connectivity index (χ0n) is 2.88. The molecule has 0 atom stereocenters. The maximum Gasteiger partial charge on any atom is 0.146 e. The Morgan fingerprint density at radius 2 is 2.40 bits per heavy atom. The van der Waals surface area contributed by atoms with E-state index in [4.69, 9.17) is 11.6 Å². The first-order valence-electron chi connectivity index (χ1n) is 1.19. The standard InChI is InChI=1S/C3H3ClSi/c1-5-3-2-4/h1H3. The molecule has 2 heteroatoms. The van der Waals surface area contributed by atoms with Crippen molar-refractivity contribution in [3.05, 3.63) is 0 Å². The Morgan fingerprint density at radius 1 is 1.80 bits per heavy atom. The molecule has 26 valence electrons. The van der Waals surface area contributed by atoms with Crippen LogP contribution in [-0.2, 0) is 0 Å². The molecule has 0 fully saturated rings. The molecule has 0 aliphatic rings. The van der Waals surface area contributed by atoms with E-state index in [2.05, 4.69) is 10.9 Å². The van der Waals surface area contributed by atoms with Crippen molar-refractivity contribution in [3.8, 4) is 10.9 Å². The topological polar surface area (TPSA) is 0 Å². The lowest BCUT2D eigenvalue weighted by atomic mass is 11.4. The van der Waals surface area contributed by atoms with Crippen LogP contribution >= 0.6 is 11.6 Å². The summed E-state index contributed by atoms with van der Waals surface area (Å²) in [4.78, 5) is 0. The molecule has 0 aromatic rings. The van der Waals surface area contributed by atoms with E-state index in [9.17, 15) is 0 Å². The van der Waals surface area contributed by atoms with E-state index in [0.29, 0.717) is 9.52 Å². The molecule has 0 spiro atoms. The van der Waals surface area contributed by atoms with Crippen molar-refractivity contribution in [2.24, 2.45) is 0 Å². The van der Waals surface area contributed by atoms with Crippen molar-refractivity contribution in [3.63, 3.8) is 0 Å². The Morgan fingerprint density at radius 3 is 2.40 bits per heavy atom. The zero-order chi connectivity index (χ0) is 4.12. The highest BCUT2D eigenvalue weighted by Crippen LogP contribution is 1.58. The molecule has 0 amide bonds. The molecule has 0 aromatic carbocycles. The summed E-state index contributed by atoms with van der Waals surface area (Å²) in [7, 11) is 0.665. The number of rotatable bonds is 0. The lowest BCUT2D eigenvalue weighted by Crippen LogP contribution is -1.65. The highest BCUT2D eigenvalue weighted by molar-refractivity contribution is 6.47. The van der Waals surface area contributed by atoms with Gasteiger partial charge in [0.05, 0.1) is 0 Å². The zero-order valence-corrected chi connectivity index (χ0v) is 4.63. The third-order valence-corrected chi connectivity index (χ3v) is 0.800. The fourth-order valence-corrected chi connectivity index (χ4v) is 0.425. The van der Waals surface area contributed by atoms with Crippen LogP contribution in [0.3, 0.4) is 0 Å². The summed E-state index contributed by atoms with van der Waals surface area (Å²) in [5.74, 6) is 0. The van der Waals surface area contributed by atoms with Gasteiger partial charge in [0.1, 0.15) is 9.52 Å². The van der Waals surface area contributed by atoms with Gasteiger partial charge in [-0.25, -0.2) is 0 Å². The van der Waals surface area contributed by atoms with Crippen LogP contribution in [-0.4, -0.2) is 9.52 Å². The van der Waals surface area contributed by atoms with Gasteiger partial charge in [-0.3, -0.25) is 0 Å². The van der Waals surface area contributed by atoms with Crippen molar-refractivity contribution >= 4 is 21.1 Å². The maximum absolute atomic E-state index is 4.95. The monoisotopic (exact) mass is 102 g/mol. The smallest absolute Gasteiger partial charge is 0.119 e. The molecular weight excluding hydrogens is 99.6 g/mol. The second-order valence-electron chi connectivity index (χ2n) is 0.469. The Labute approximate surface area is 39.3 Å². The first-order chi connectivity index (χ1) is 2.41. The van der Waals surface area contributed by atoms with Crippen LogP contribution in [0.15, 0.2) is 0 Å². The van der Waals surface area contributed by atoms with Gasteiger partial charge >= 0.3 is 0 Å². The Bertz CT molecular complexity index is 59.0. The minimum Gasteiger partial charge on any atom is -0.119 e. The second-order valence-corrected chi connectivity index (χ2v) is 1.41. The van der Waals surface area contributed by atoms with Crippen molar-refractivity contribution in [1.82, 2.24) is 0 Å². The molecule has 0 aliphatic heterocycles. The molecule has 2 radical (unpaired) electrons. The van der Waals surface area contributed by atoms with Crippen LogP contribution in [0.5, 0.6) is 0 Å². The summed E-state index contributed by atoms with van der Waals surface area (Å²) >= 11 is 4.95. The van der Waals surface area contributed by atoms with Crippen LogP contribution in [0.4, 0.5) is 0 Å². The van der Waals surface area contributed by atoms with Crippen molar-refractivity contribution < 1.29 is 0 Å². The highest BCUT2D eigenvalue weighted by Gasteiger charge is 1.54. The van der Waals surface area contributed by atoms with Gasteiger partial charge in [0.2, 0.25) is 0 Å². The summed E-state index contributed by atoms with van der Waals surface area (Å²) in [6.45, 7) is 1.98. The lowest BCUT2D eigenvalue weighted by Gasteiger charge is -1.52. The molecule has 0 rings (SSSR count). The first-order valence-corrected chi connectivity index (χ1v) is 3.07. The summed E-state index contributed by atoms with van der Waals surface area (Å²) < 4.78 is 0. The summed E-state index contributed by atoms with van der Waals surface area (Å²) in [6.07, 6.45) is 0. The van der Waals surface area contributed by atoms with Gasteiger partial charge in [-0.15, -0.1) is 5.54 Å². The Balaban J connectivity index is 2.81. The summed E-state index contributed by atoms with van der Waals surface area (Å²) in [6, 6.07) is 0. The van der Waals surface area contributed by atoms with E-state index in [-0.39, 0.29) is 0 Å². The van der Waals surface area contributed by atoms with E-state index >= 15 is 0 Å². The van der Waals surface area contributed by atoms with Gasteiger partial charge in [0.15, 0.2) is 0 Å². The number of hydrogen-bond acceptors (Lipinski definition) is 0. The normalized spacial score (nSPS) is 5.20. The van der Waals surface area contributed by atoms with Crippen molar-refractivity contribution in [2.75, 3.05) is 0 Å². The average Bonchev–Trinajstić information content (AvgIpc) is 1.41. The number of halogens is 1. The molecule has 0 N–H and O–H groups in total. The third-order valence-electron chi connectivity index (χ3n) is 0.172. The minimum atomic E-state index is 0.665. The minimum absolute atomic E-state index is 0.665. The van der Waals surface area contributed by atoms with E-state index in [1.807, 2.05) is 6.55 Å². The van der Waals surface area contributed by atoms with Crippen LogP contribution in [0, 0.1) is 10.9 Å². The molecule has 0 unspecified atom stereocenters. The van der Waals surface area contributed by atoms with Gasteiger partial charge in [-0.1, -0.05) is 6.55 Å². The van der Waals surface area contributed by atoms with Gasteiger partial charge in [0, 0.05) is 0 Å². The third kappa shape index (κ3) is 4.07. The first kappa shape index (κ1) is 5.07. The molecule has 0 saturated carbocycles. The molecule has 5 heavy (non-hydrogen) atoms. The van der Waals surface area contributed by atoms with E-state index in [1.54, 1.807) is 0 Å². The molecule has 0 aromatic heterocycles. The molecule has 0 bridgehead atoms. The fraction of sp³-hybridized carbons (Fsp3) is 0.333. The maximum atomic E-state index is 4.95. The summed E-state index contributed by atoms with van der Waals surface area (Å²) in [5, 5.41) is 2.25. The Hall–Kier alpha value is 0.0669. The fourth-order valence-electron chi connectivity index (χ4n) is 0.0472. The SMILES string of the molecule is C[Si]C#CCl. The van der Waals surface area contributed by atoms with E-state index in [0.717, 1.165) is 0 Å². The summed E-state index contributed by atoms with van der Waals surface area (Å²) in [5.41, 5.74) is 2.65. The Kier molecular flexibility index (Phi) is 4.12. The molecule has 0 heterocycles. The van der Waals surface area contributed by atoms with Crippen LogP contribution < -0.4 is 0 Å². The lowest BCUT2D eigenvalue weighted by molar-refractivity contribution is 2.32. The largest absolute Gasteiger partial charge is 0.146 e. The molecule has 0 aliphatic carbocycles. The predicted octanol–water partition coefficient (Wildman–Crippen LogP) is 0.896.